The maximum atomic E-state index is 13.8. The van der Waals surface area contributed by atoms with E-state index in [1.807, 2.05) is 258 Å². The van der Waals surface area contributed by atoms with Crippen LogP contribution in [0.15, 0.2) is 220 Å². The molecule has 8 saturated heterocycles. The third-order valence-corrected chi connectivity index (χ3v) is 25.2. The second kappa shape index (κ2) is 37.3. The van der Waals surface area contributed by atoms with E-state index >= 15 is 0 Å². The van der Waals surface area contributed by atoms with Crippen LogP contribution in [0.4, 0.5) is 0 Å². The van der Waals surface area contributed by atoms with E-state index in [1.165, 1.54) is 0 Å². The van der Waals surface area contributed by atoms with Crippen molar-refractivity contribution in [3.8, 4) is 68.8 Å². The van der Waals surface area contributed by atoms with Gasteiger partial charge in [-0.1, -0.05) is 48.5 Å². The van der Waals surface area contributed by atoms with Crippen LogP contribution in [0.3, 0.4) is 0 Å². The number of fused-ring (bicyclic) bond motifs is 12. The fraction of sp³-hybridized carbons (Fsp3) is 0.360. The molecule has 8 bridgehead atoms. The lowest BCUT2D eigenvalue weighted by Crippen LogP contribution is -2.59. The topological polar surface area (TPSA) is 273 Å². The molecule has 24 nitrogen and oxygen atoms in total. The van der Waals surface area contributed by atoms with E-state index in [9.17, 15) is 19.2 Å². The summed E-state index contributed by atoms with van der Waals surface area (Å²) in [5.74, 6) is 4.21. The number of carbonyl (C=O) groups is 4. The first kappa shape index (κ1) is 83.2. The van der Waals surface area contributed by atoms with Gasteiger partial charge < -0.3 is 38.5 Å². The summed E-state index contributed by atoms with van der Waals surface area (Å²) in [5, 5.41) is 0. The predicted octanol–water partition coefficient (Wildman–Crippen LogP) is 16.9. The van der Waals surface area contributed by atoms with Crippen molar-refractivity contribution >= 4 is 23.6 Å². The first-order valence-corrected chi connectivity index (χ1v) is 43.5. The number of hydrogen-bond donors (Lipinski definition) is 0. The van der Waals surface area contributed by atoms with Crippen molar-refractivity contribution in [2.75, 3.05) is 26.2 Å². The van der Waals surface area contributed by atoms with Gasteiger partial charge >= 0.3 is 0 Å². The summed E-state index contributed by atoms with van der Waals surface area (Å²) in [6.07, 6.45) is 29.7. The van der Waals surface area contributed by atoms with E-state index in [1.54, 1.807) is 37.2 Å². The van der Waals surface area contributed by atoms with Crippen LogP contribution < -0.4 is 18.9 Å². The van der Waals surface area contributed by atoms with Gasteiger partial charge in [-0.2, -0.15) is 0 Å². The molecule has 24 heteroatoms. The number of aryl methyl sites for hydroxylation is 8. The zero-order valence-electron chi connectivity index (χ0n) is 71.4. The molecule has 12 atom stereocenters. The van der Waals surface area contributed by atoms with E-state index in [4.69, 9.17) is 18.9 Å². The molecule has 4 amide bonds. The van der Waals surface area contributed by atoms with E-state index in [0.29, 0.717) is 92.5 Å². The third-order valence-electron chi connectivity index (χ3n) is 25.2. The quantitative estimate of drug-likeness (QED) is 0.0869. The summed E-state index contributed by atoms with van der Waals surface area (Å²) < 4.78 is 25.0. The molecule has 0 aromatic carbocycles. The Morgan fingerprint density at radius 1 is 0.290 bits per heavy atom. The SMILES string of the molecule is Cc1ccc(OC2CC3CCC2N(C(=O)c2cc(C)cnc2-c2ccccn2)C3)nc1.Cc1ccc(OC2CC3CCC2N(C(=O)c2ccc(C)nc2-c2ccccn2)C3)nc1.Cc1ccc(OC2CC3CCC2N(C(=O)c2nc(C)ccc2-c2ccccn2)C3)nc1.Cc1ccc(OC2CC3CCC2N(C(=O)c2ncc(C)cc2-c2ccccn2)C3)nc1. The molecule has 4 saturated carbocycles. The average molecular weight is 1660 g/mol. The Morgan fingerprint density at radius 2 is 0.637 bits per heavy atom. The first-order valence-electron chi connectivity index (χ1n) is 43.5. The lowest BCUT2D eigenvalue weighted by atomic mass is 9.77. The molecule has 4 aliphatic carbocycles. The molecule has 12 aromatic rings. The van der Waals surface area contributed by atoms with Crippen LogP contribution in [0.25, 0.3) is 45.3 Å². The number of aromatic nitrogens is 12. The summed E-state index contributed by atoms with van der Waals surface area (Å²) >= 11 is 0. The maximum absolute atomic E-state index is 13.8. The zero-order chi connectivity index (χ0) is 85.5. The molecule has 20 heterocycles. The molecule has 632 valence electrons. The van der Waals surface area contributed by atoms with Crippen LogP contribution in [0, 0.1) is 79.1 Å². The Hall–Kier alpha value is -13.1. The Kier molecular flexibility index (Phi) is 25.0. The number of ether oxygens (including phenoxy) is 4. The molecule has 12 fully saturated rings. The van der Waals surface area contributed by atoms with Crippen molar-refractivity contribution in [3.63, 3.8) is 0 Å². The summed E-state index contributed by atoms with van der Waals surface area (Å²) in [6, 6.07) is 50.2. The lowest BCUT2D eigenvalue weighted by molar-refractivity contribution is -0.0316. The second-order valence-electron chi connectivity index (χ2n) is 34.5. The zero-order valence-corrected chi connectivity index (χ0v) is 71.4. The van der Waals surface area contributed by atoms with Crippen LogP contribution >= 0.6 is 0 Å². The molecule has 12 aromatic heterocycles. The number of piperidine rings is 8. The van der Waals surface area contributed by atoms with E-state index in [-0.39, 0.29) is 72.2 Å². The van der Waals surface area contributed by atoms with E-state index < -0.39 is 0 Å². The normalized spacial score (nSPS) is 22.4. The van der Waals surface area contributed by atoms with Crippen molar-refractivity contribution in [2.24, 2.45) is 23.7 Å². The van der Waals surface area contributed by atoms with Gasteiger partial charge in [0.25, 0.3) is 23.6 Å². The van der Waals surface area contributed by atoms with Crippen LogP contribution in [0.2, 0.25) is 0 Å². The largest absolute Gasteiger partial charge is 0.472 e. The summed E-state index contributed by atoms with van der Waals surface area (Å²) in [5.41, 5.74) is 16.0. The average Bonchev–Trinajstić information content (AvgIpc) is 0.777. The number of amides is 4. The Balaban J connectivity index is 0.000000117. The van der Waals surface area contributed by atoms with Gasteiger partial charge in [0.2, 0.25) is 23.5 Å². The minimum absolute atomic E-state index is 0.00742. The van der Waals surface area contributed by atoms with Crippen molar-refractivity contribution in [3.05, 3.63) is 287 Å². The van der Waals surface area contributed by atoms with Crippen LogP contribution in [0.5, 0.6) is 23.5 Å². The van der Waals surface area contributed by atoms with Crippen LogP contribution in [-0.4, -0.2) is 178 Å². The van der Waals surface area contributed by atoms with E-state index in [0.717, 1.165) is 171 Å². The van der Waals surface area contributed by atoms with E-state index in [2.05, 4.69) is 59.8 Å². The highest BCUT2D eigenvalue weighted by molar-refractivity contribution is 6.02. The number of nitrogens with zero attached hydrogens (tertiary/aromatic N) is 16. The molecule has 0 N–H and O–H groups in total. The third kappa shape index (κ3) is 18.9. The second-order valence-corrected chi connectivity index (χ2v) is 34.5. The number of carbonyl (C=O) groups excluding carboxylic acids is 4. The molecule has 8 aliphatic heterocycles. The van der Waals surface area contributed by atoms with Gasteiger partial charge in [0.05, 0.1) is 58.1 Å². The van der Waals surface area contributed by atoms with Crippen LogP contribution in [0.1, 0.15) is 164 Å². The standard InChI is InChI=1S/4C25H26N4O2/c1-16-6-11-23(27-14-16)31-22-13-18-8-10-21(22)29(15-18)25(30)19-9-7-17(2)28-24(19)20-5-3-4-12-26-20;1-16-6-11-23(27-14-16)31-22-13-18-8-10-21(22)29(15-18)25(30)24-19(9-7-17(2)28-24)20-5-3-4-12-26-20;1-16-6-9-23(27-13-16)31-22-12-18-7-8-21(22)29(15-18)25(30)19-11-17(2)14-28-24(19)20-5-3-4-10-26-20;1-16-6-9-23(27-13-16)31-22-12-18-7-8-21(22)29(15-18)25(30)24-19(11-17(2)14-28-24)20-5-3-4-10-26-20/h2*3-7,9,11-12,14,18,21-22H,8,10,13,15H2,1-2H3;2*3-6,9-11,13-14,18,21-22H,7-8,12,15H2,1-2H3. The monoisotopic (exact) mass is 1660 g/mol. The number of pyridine rings is 12. The predicted molar refractivity (Wildman–Crippen MR) is 471 cm³/mol. The minimum atomic E-state index is -0.0465. The Morgan fingerprint density at radius 3 is 1.03 bits per heavy atom. The Bertz CT molecular complexity index is 5400. The summed E-state index contributed by atoms with van der Waals surface area (Å²) in [4.78, 5) is 117. The lowest BCUT2D eigenvalue weighted by Gasteiger charge is -2.49. The summed E-state index contributed by atoms with van der Waals surface area (Å²) in [7, 11) is 0. The minimum Gasteiger partial charge on any atom is -0.472 e. The highest BCUT2D eigenvalue weighted by atomic mass is 16.5. The fourth-order valence-electron chi connectivity index (χ4n) is 19.0. The molecule has 12 unspecified atom stereocenters. The highest BCUT2D eigenvalue weighted by Gasteiger charge is 2.50. The van der Waals surface area contributed by atoms with Gasteiger partial charge in [0.15, 0.2) is 0 Å². The van der Waals surface area contributed by atoms with Gasteiger partial charge in [-0.15, -0.1) is 0 Å². The maximum Gasteiger partial charge on any atom is 0.273 e. The molecule has 0 radical (unpaired) electrons. The molecular formula is C100H104N16O8. The van der Waals surface area contributed by atoms with Gasteiger partial charge in [-0.05, 0) is 274 Å². The molecule has 24 rings (SSSR count). The Labute approximate surface area is 723 Å². The fourth-order valence-corrected chi connectivity index (χ4v) is 19.0. The number of rotatable bonds is 16. The number of hydrogen-bond acceptors (Lipinski definition) is 20. The smallest absolute Gasteiger partial charge is 0.273 e. The molecular weight excluding hydrogens is 1550 g/mol. The van der Waals surface area contributed by atoms with Gasteiger partial charge in [0.1, 0.15) is 47.2 Å². The van der Waals surface area contributed by atoms with Gasteiger partial charge in [-0.3, -0.25) is 54.1 Å². The van der Waals surface area contributed by atoms with Crippen molar-refractivity contribution in [1.29, 1.82) is 0 Å². The first-order chi connectivity index (χ1) is 60.3. The van der Waals surface area contributed by atoms with Crippen LogP contribution in [-0.2, 0) is 0 Å². The highest BCUT2D eigenvalue weighted by Crippen LogP contribution is 2.44. The van der Waals surface area contributed by atoms with Crippen molar-refractivity contribution < 1.29 is 38.1 Å². The van der Waals surface area contributed by atoms with Crippen molar-refractivity contribution in [1.82, 2.24) is 79.4 Å². The van der Waals surface area contributed by atoms with Gasteiger partial charge in [-0.25, -0.2) is 24.9 Å². The van der Waals surface area contributed by atoms with Gasteiger partial charge in [0, 0.05) is 135 Å². The molecule has 124 heavy (non-hydrogen) atoms. The van der Waals surface area contributed by atoms with Crippen molar-refractivity contribution in [2.45, 2.75) is 181 Å². The molecule has 12 aliphatic rings. The summed E-state index contributed by atoms with van der Waals surface area (Å²) in [6.45, 7) is 18.9. The molecule has 0 spiro atoms.